The number of halogens is 1. The summed E-state index contributed by atoms with van der Waals surface area (Å²) in [5.74, 6) is -0.266. The van der Waals surface area contributed by atoms with Crippen LogP contribution >= 0.6 is 11.6 Å². The van der Waals surface area contributed by atoms with Crippen LogP contribution in [0.25, 0.3) is 0 Å². The molecule has 0 saturated carbocycles. The first-order valence-corrected chi connectivity index (χ1v) is 5.49. The van der Waals surface area contributed by atoms with Gasteiger partial charge in [0, 0.05) is 16.4 Å². The van der Waals surface area contributed by atoms with Crippen molar-refractivity contribution in [1.29, 1.82) is 0 Å². The summed E-state index contributed by atoms with van der Waals surface area (Å²) in [4.78, 5) is 10.7. The second kappa shape index (κ2) is 5.66. The number of hydrogen-bond acceptors (Lipinski definition) is 2. The van der Waals surface area contributed by atoms with Crippen molar-refractivity contribution in [1.82, 2.24) is 0 Å². The summed E-state index contributed by atoms with van der Waals surface area (Å²) in [5.41, 5.74) is 0.878. The molecule has 2 atom stereocenters. The van der Waals surface area contributed by atoms with Gasteiger partial charge in [-0.3, -0.25) is 10.1 Å². The number of nitrogens with zero attached hydrogens (tertiary/aromatic N) is 1. The second-order valence-electron chi connectivity index (χ2n) is 3.57. The van der Waals surface area contributed by atoms with Gasteiger partial charge in [0.15, 0.2) is 0 Å². The van der Waals surface area contributed by atoms with Gasteiger partial charge in [-0.25, -0.2) is 0 Å². The lowest BCUT2D eigenvalue weighted by molar-refractivity contribution is -0.525. The van der Waals surface area contributed by atoms with Crippen LogP contribution in [0.3, 0.4) is 0 Å². The zero-order valence-corrected chi connectivity index (χ0v) is 9.85. The van der Waals surface area contributed by atoms with Crippen molar-refractivity contribution in [2.75, 3.05) is 0 Å². The fraction of sp³-hybridized carbons (Fsp3) is 0.333. The molecule has 0 fully saturated rings. The van der Waals surface area contributed by atoms with Crippen LogP contribution in [0, 0.1) is 10.1 Å². The average molecular weight is 240 g/mol. The first-order chi connectivity index (χ1) is 7.60. The number of benzene rings is 1. The number of rotatable bonds is 5. The van der Waals surface area contributed by atoms with Crippen molar-refractivity contribution in [3.63, 3.8) is 0 Å². The van der Waals surface area contributed by atoms with E-state index in [9.17, 15) is 10.1 Å². The van der Waals surface area contributed by atoms with Crippen LogP contribution in [-0.2, 0) is 0 Å². The van der Waals surface area contributed by atoms with Gasteiger partial charge in [-0.15, -0.1) is 6.58 Å². The number of hydrogen-bond donors (Lipinski definition) is 0. The largest absolute Gasteiger partial charge is 0.264 e. The Labute approximate surface area is 99.9 Å². The van der Waals surface area contributed by atoms with Crippen LogP contribution in [0.4, 0.5) is 0 Å². The van der Waals surface area contributed by atoms with E-state index in [0.29, 0.717) is 11.4 Å². The summed E-state index contributed by atoms with van der Waals surface area (Å²) in [6.07, 6.45) is 2.10. The Hall–Kier alpha value is -1.35. The van der Waals surface area contributed by atoms with Crippen molar-refractivity contribution in [2.24, 2.45) is 0 Å². The van der Waals surface area contributed by atoms with E-state index in [0.717, 1.165) is 5.56 Å². The zero-order chi connectivity index (χ0) is 12.1. The predicted molar refractivity (Wildman–Crippen MR) is 65.5 cm³/mol. The number of nitro groups is 1. The maximum absolute atomic E-state index is 10.9. The van der Waals surface area contributed by atoms with Crippen molar-refractivity contribution in [3.8, 4) is 0 Å². The Kier molecular flexibility index (Phi) is 4.50. The molecule has 0 aliphatic carbocycles. The van der Waals surface area contributed by atoms with Crippen molar-refractivity contribution in [2.45, 2.75) is 25.3 Å². The van der Waals surface area contributed by atoms with E-state index >= 15 is 0 Å². The third kappa shape index (κ3) is 2.83. The molecule has 4 heteroatoms. The molecule has 2 unspecified atom stereocenters. The molecule has 1 aromatic carbocycles. The molecule has 16 heavy (non-hydrogen) atoms. The van der Waals surface area contributed by atoms with Gasteiger partial charge in [0.2, 0.25) is 6.04 Å². The first kappa shape index (κ1) is 12.7. The SMILES string of the molecule is C=CC(c1ccc(Cl)cc1)C(CC)[N+](=O)[O-]. The third-order valence-corrected chi connectivity index (χ3v) is 2.86. The maximum atomic E-state index is 10.9. The van der Waals surface area contributed by atoms with Crippen LogP contribution in [0.15, 0.2) is 36.9 Å². The lowest BCUT2D eigenvalue weighted by atomic mass is 9.90. The van der Waals surface area contributed by atoms with Crippen molar-refractivity contribution in [3.05, 3.63) is 57.6 Å². The van der Waals surface area contributed by atoms with E-state index in [1.54, 1.807) is 37.3 Å². The molecule has 0 spiro atoms. The van der Waals surface area contributed by atoms with E-state index in [1.165, 1.54) is 0 Å². The highest BCUT2D eigenvalue weighted by Crippen LogP contribution is 2.26. The van der Waals surface area contributed by atoms with Gasteiger partial charge in [-0.05, 0) is 17.7 Å². The molecule has 0 aliphatic heterocycles. The highest BCUT2D eigenvalue weighted by Gasteiger charge is 2.28. The minimum atomic E-state index is -0.626. The second-order valence-corrected chi connectivity index (χ2v) is 4.01. The lowest BCUT2D eigenvalue weighted by Gasteiger charge is -2.16. The Morgan fingerprint density at radius 3 is 2.44 bits per heavy atom. The maximum Gasteiger partial charge on any atom is 0.223 e. The topological polar surface area (TPSA) is 43.1 Å². The Morgan fingerprint density at radius 1 is 1.50 bits per heavy atom. The standard InChI is InChI=1S/C12H14ClNO2/c1-3-11(12(4-2)14(15)16)9-5-7-10(13)8-6-9/h3,5-8,11-12H,1,4H2,2H3. The minimum absolute atomic E-state index is 0.249. The molecular formula is C12H14ClNO2. The van der Waals surface area contributed by atoms with Crippen LogP contribution in [0.5, 0.6) is 0 Å². The van der Waals surface area contributed by atoms with E-state index in [2.05, 4.69) is 6.58 Å². The summed E-state index contributed by atoms with van der Waals surface area (Å²) in [5, 5.41) is 11.5. The third-order valence-electron chi connectivity index (χ3n) is 2.61. The highest BCUT2D eigenvalue weighted by molar-refractivity contribution is 6.30. The Balaban J connectivity index is 3.01. The van der Waals surface area contributed by atoms with Gasteiger partial charge < -0.3 is 0 Å². The summed E-state index contributed by atoms with van der Waals surface area (Å²) in [6.45, 7) is 5.48. The van der Waals surface area contributed by atoms with Gasteiger partial charge in [0.25, 0.3) is 0 Å². The molecule has 0 aliphatic rings. The van der Waals surface area contributed by atoms with E-state index in [-0.39, 0.29) is 10.8 Å². The molecule has 0 aromatic heterocycles. The quantitative estimate of drug-likeness (QED) is 0.447. The lowest BCUT2D eigenvalue weighted by Crippen LogP contribution is -2.25. The van der Waals surface area contributed by atoms with Crippen molar-refractivity contribution < 1.29 is 4.92 Å². The molecule has 1 aromatic rings. The van der Waals surface area contributed by atoms with E-state index < -0.39 is 6.04 Å². The molecule has 0 heterocycles. The minimum Gasteiger partial charge on any atom is -0.264 e. The Bertz CT molecular complexity index is 375. The summed E-state index contributed by atoms with van der Waals surface area (Å²) in [7, 11) is 0. The van der Waals surface area contributed by atoms with Crippen LogP contribution in [-0.4, -0.2) is 11.0 Å². The molecule has 0 amide bonds. The van der Waals surface area contributed by atoms with Crippen molar-refractivity contribution >= 4 is 11.6 Å². The molecule has 0 radical (unpaired) electrons. The van der Waals surface area contributed by atoms with Crippen LogP contribution in [0.2, 0.25) is 5.02 Å². The molecule has 0 bridgehead atoms. The fourth-order valence-electron chi connectivity index (χ4n) is 1.73. The van der Waals surface area contributed by atoms with Gasteiger partial charge in [-0.2, -0.15) is 0 Å². The van der Waals surface area contributed by atoms with Crippen LogP contribution < -0.4 is 0 Å². The van der Waals surface area contributed by atoms with E-state index in [4.69, 9.17) is 11.6 Å². The van der Waals surface area contributed by atoms with Gasteiger partial charge in [0.1, 0.15) is 0 Å². The van der Waals surface area contributed by atoms with E-state index in [1.807, 2.05) is 0 Å². The average Bonchev–Trinajstić information content (AvgIpc) is 2.26. The van der Waals surface area contributed by atoms with Crippen LogP contribution in [0.1, 0.15) is 24.8 Å². The van der Waals surface area contributed by atoms with Gasteiger partial charge >= 0.3 is 0 Å². The smallest absolute Gasteiger partial charge is 0.223 e. The molecule has 0 saturated heterocycles. The fourth-order valence-corrected chi connectivity index (χ4v) is 1.86. The molecule has 0 N–H and O–H groups in total. The highest BCUT2D eigenvalue weighted by atomic mass is 35.5. The summed E-state index contributed by atoms with van der Waals surface area (Å²) < 4.78 is 0. The normalized spacial score (nSPS) is 14.1. The molecular weight excluding hydrogens is 226 g/mol. The zero-order valence-electron chi connectivity index (χ0n) is 9.10. The Morgan fingerprint density at radius 2 is 2.06 bits per heavy atom. The summed E-state index contributed by atoms with van der Waals surface area (Å²) >= 11 is 5.78. The monoisotopic (exact) mass is 239 g/mol. The van der Waals surface area contributed by atoms with Gasteiger partial charge in [0.05, 0.1) is 5.92 Å². The molecule has 86 valence electrons. The first-order valence-electron chi connectivity index (χ1n) is 5.11. The predicted octanol–water partition coefficient (Wildman–Crippen LogP) is 3.66. The molecule has 3 nitrogen and oxygen atoms in total. The summed E-state index contributed by atoms with van der Waals surface area (Å²) in [6, 6.07) is 6.46. The molecule has 1 rings (SSSR count). The van der Waals surface area contributed by atoms with Gasteiger partial charge in [-0.1, -0.05) is 36.7 Å².